The fraction of sp³-hybridized carbons (Fsp3) is 0.353. The number of para-hydroxylation sites is 1. The molecular weight excluding hydrogens is 264 g/mol. The molecule has 0 amide bonds. The van der Waals surface area contributed by atoms with Gasteiger partial charge in [-0.05, 0) is 18.2 Å². The zero-order valence-electron chi connectivity index (χ0n) is 13.0. The molecule has 0 aliphatic rings. The third-order valence-corrected chi connectivity index (χ3v) is 3.47. The first-order valence-electron chi connectivity index (χ1n) is 7.10. The van der Waals surface area contributed by atoms with Crippen LogP contribution in [0.2, 0.25) is 0 Å². The van der Waals surface area contributed by atoms with Crippen molar-refractivity contribution in [2.75, 3.05) is 7.11 Å². The van der Waals surface area contributed by atoms with E-state index in [2.05, 4.69) is 19.2 Å². The van der Waals surface area contributed by atoms with E-state index in [-0.39, 0.29) is 5.56 Å². The normalized spacial score (nSPS) is 10.9. The van der Waals surface area contributed by atoms with Gasteiger partial charge in [0.15, 0.2) is 0 Å². The van der Waals surface area contributed by atoms with E-state index in [1.807, 2.05) is 36.4 Å². The minimum absolute atomic E-state index is 0.0200. The number of benzene rings is 1. The number of hydrogen-bond donors (Lipinski definition) is 1. The van der Waals surface area contributed by atoms with Gasteiger partial charge in [0.2, 0.25) is 0 Å². The Morgan fingerprint density at radius 2 is 1.90 bits per heavy atom. The molecule has 0 unspecified atom stereocenters. The summed E-state index contributed by atoms with van der Waals surface area (Å²) in [6.45, 7) is 4.71. The van der Waals surface area contributed by atoms with E-state index >= 15 is 0 Å². The highest BCUT2D eigenvalue weighted by atomic mass is 16.5. The third-order valence-electron chi connectivity index (χ3n) is 3.47. The first kappa shape index (κ1) is 15.3. The molecule has 0 spiro atoms. The molecule has 0 fully saturated rings. The van der Waals surface area contributed by atoms with Crippen molar-refractivity contribution < 1.29 is 4.74 Å². The molecule has 0 bridgehead atoms. The molecule has 0 saturated carbocycles. The van der Waals surface area contributed by atoms with Crippen LogP contribution in [0.3, 0.4) is 0 Å². The molecule has 112 valence electrons. The molecule has 4 nitrogen and oxygen atoms in total. The molecular formula is C17H22N2O2. The van der Waals surface area contributed by atoms with Crippen LogP contribution in [0, 0.1) is 0 Å². The van der Waals surface area contributed by atoms with Crippen LogP contribution in [0.5, 0.6) is 5.75 Å². The van der Waals surface area contributed by atoms with Crippen LogP contribution in [-0.4, -0.2) is 17.7 Å². The lowest BCUT2D eigenvalue weighted by molar-refractivity contribution is 0.416. The van der Waals surface area contributed by atoms with E-state index in [1.165, 1.54) is 0 Å². The van der Waals surface area contributed by atoms with E-state index in [1.54, 1.807) is 18.7 Å². The summed E-state index contributed by atoms with van der Waals surface area (Å²) in [6.07, 6.45) is 0. The molecule has 1 aromatic heterocycles. The van der Waals surface area contributed by atoms with Crippen molar-refractivity contribution in [1.29, 1.82) is 0 Å². The topological polar surface area (TPSA) is 43.3 Å². The maximum atomic E-state index is 12.5. The van der Waals surface area contributed by atoms with Gasteiger partial charge in [0.25, 0.3) is 5.56 Å². The molecule has 1 N–H and O–H groups in total. The van der Waals surface area contributed by atoms with Gasteiger partial charge >= 0.3 is 0 Å². The van der Waals surface area contributed by atoms with Crippen LogP contribution >= 0.6 is 0 Å². The van der Waals surface area contributed by atoms with Gasteiger partial charge < -0.3 is 14.6 Å². The maximum absolute atomic E-state index is 12.5. The number of nitrogens with one attached hydrogen (secondary N) is 1. The number of ether oxygens (including phenoxy) is 1. The minimum atomic E-state index is 0.0200. The second-order valence-corrected chi connectivity index (χ2v) is 5.34. The Kier molecular flexibility index (Phi) is 4.81. The van der Waals surface area contributed by atoms with Crippen molar-refractivity contribution in [3.8, 4) is 17.0 Å². The molecule has 2 aromatic rings. The van der Waals surface area contributed by atoms with Gasteiger partial charge in [-0.3, -0.25) is 4.79 Å². The number of nitrogens with zero attached hydrogens (tertiary/aromatic N) is 1. The zero-order valence-corrected chi connectivity index (χ0v) is 13.0. The highest BCUT2D eigenvalue weighted by molar-refractivity contribution is 5.67. The van der Waals surface area contributed by atoms with Gasteiger partial charge in [-0.1, -0.05) is 32.0 Å². The molecule has 0 aliphatic heterocycles. The van der Waals surface area contributed by atoms with Crippen molar-refractivity contribution in [3.63, 3.8) is 0 Å². The summed E-state index contributed by atoms with van der Waals surface area (Å²) in [6, 6.07) is 11.9. The fourth-order valence-electron chi connectivity index (χ4n) is 2.26. The molecule has 21 heavy (non-hydrogen) atoms. The van der Waals surface area contributed by atoms with E-state index in [9.17, 15) is 4.79 Å². The Labute approximate surface area is 125 Å². The van der Waals surface area contributed by atoms with Crippen LogP contribution in [-0.2, 0) is 13.6 Å². The summed E-state index contributed by atoms with van der Waals surface area (Å²) >= 11 is 0. The average Bonchev–Trinajstić information content (AvgIpc) is 2.48. The molecule has 0 atom stereocenters. The quantitative estimate of drug-likeness (QED) is 0.918. The van der Waals surface area contributed by atoms with Crippen molar-refractivity contribution in [2.24, 2.45) is 7.05 Å². The molecule has 0 saturated heterocycles. The van der Waals surface area contributed by atoms with Crippen molar-refractivity contribution in [1.82, 2.24) is 9.88 Å². The summed E-state index contributed by atoms with van der Waals surface area (Å²) < 4.78 is 7.05. The first-order chi connectivity index (χ1) is 10.0. The van der Waals surface area contributed by atoms with E-state index in [0.29, 0.717) is 12.6 Å². The number of hydrogen-bond acceptors (Lipinski definition) is 3. The molecule has 0 aliphatic carbocycles. The van der Waals surface area contributed by atoms with Crippen molar-refractivity contribution in [2.45, 2.75) is 26.4 Å². The lowest BCUT2D eigenvalue weighted by Gasteiger charge is -2.14. The van der Waals surface area contributed by atoms with Crippen LogP contribution in [0.15, 0.2) is 41.2 Å². The first-order valence-corrected chi connectivity index (χ1v) is 7.10. The van der Waals surface area contributed by atoms with Crippen LogP contribution in [0.25, 0.3) is 11.3 Å². The average molecular weight is 286 g/mol. The molecule has 1 aromatic carbocycles. The van der Waals surface area contributed by atoms with E-state index in [4.69, 9.17) is 4.74 Å². The Bertz CT molecular complexity index is 675. The van der Waals surface area contributed by atoms with Crippen LogP contribution in [0.1, 0.15) is 19.4 Å². The highest BCUT2D eigenvalue weighted by Crippen LogP contribution is 2.28. The van der Waals surface area contributed by atoms with E-state index < -0.39 is 0 Å². The third kappa shape index (κ3) is 3.34. The summed E-state index contributed by atoms with van der Waals surface area (Å²) in [7, 11) is 3.43. The van der Waals surface area contributed by atoms with Crippen LogP contribution in [0.4, 0.5) is 0 Å². The molecule has 0 radical (unpaired) electrons. The Balaban J connectivity index is 2.43. The van der Waals surface area contributed by atoms with Crippen LogP contribution < -0.4 is 15.6 Å². The van der Waals surface area contributed by atoms with Gasteiger partial charge in [0.05, 0.1) is 12.8 Å². The predicted octanol–water partition coefficient (Wildman–Crippen LogP) is 2.56. The van der Waals surface area contributed by atoms with Gasteiger partial charge in [-0.25, -0.2) is 0 Å². The molecule has 4 heteroatoms. The molecule has 1 heterocycles. The van der Waals surface area contributed by atoms with Crippen molar-refractivity contribution in [3.05, 3.63) is 52.3 Å². The smallest absolute Gasteiger partial charge is 0.255 e. The van der Waals surface area contributed by atoms with Crippen molar-refractivity contribution >= 4 is 0 Å². The number of methoxy groups -OCH3 is 1. The monoisotopic (exact) mass is 286 g/mol. The van der Waals surface area contributed by atoms with Gasteiger partial charge in [-0.2, -0.15) is 0 Å². The lowest BCUT2D eigenvalue weighted by Crippen LogP contribution is -2.29. The molecule has 2 rings (SSSR count). The lowest BCUT2D eigenvalue weighted by atomic mass is 10.1. The Hall–Kier alpha value is -2.07. The maximum Gasteiger partial charge on any atom is 0.255 e. The number of aromatic nitrogens is 1. The number of rotatable bonds is 5. The SMILES string of the molecule is COc1ccccc1-c1ccc(CNC(C)C)c(=O)n1C. The minimum Gasteiger partial charge on any atom is -0.496 e. The Morgan fingerprint density at radius 3 is 2.57 bits per heavy atom. The highest BCUT2D eigenvalue weighted by Gasteiger charge is 2.11. The van der Waals surface area contributed by atoms with Gasteiger partial charge in [0, 0.05) is 30.8 Å². The Morgan fingerprint density at radius 1 is 1.19 bits per heavy atom. The summed E-state index contributed by atoms with van der Waals surface area (Å²) in [5.74, 6) is 0.764. The van der Waals surface area contributed by atoms with Gasteiger partial charge in [0.1, 0.15) is 5.75 Å². The van der Waals surface area contributed by atoms with E-state index in [0.717, 1.165) is 22.6 Å². The summed E-state index contributed by atoms with van der Waals surface area (Å²) in [5.41, 5.74) is 2.56. The number of pyridine rings is 1. The summed E-state index contributed by atoms with van der Waals surface area (Å²) in [5, 5.41) is 3.27. The van der Waals surface area contributed by atoms with Gasteiger partial charge in [-0.15, -0.1) is 0 Å². The zero-order chi connectivity index (χ0) is 15.4. The predicted molar refractivity (Wildman–Crippen MR) is 85.6 cm³/mol. The standard InChI is InChI=1S/C17H22N2O2/c1-12(2)18-11-13-9-10-15(19(3)17(13)20)14-7-5-6-8-16(14)21-4/h5-10,12,18H,11H2,1-4H3. The summed E-state index contributed by atoms with van der Waals surface area (Å²) in [4.78, 5) is 12.5. The fourth-order valence-corrected chi connectivity index (χ4v) is 2.26. The largest absolute Gasteiger partial charge is 0.496 e. The second kappa shape index (κ2) is 6.59. The second-order valence-electron chi connectivity index (χ2n) is 5.34.